The van der Waals surface area contributed by atoms with Crippen LogP contribution in [-0.2, 0) is 26.2 Å². The second-order valence-electron chi connectivity index (χ2n) is 8.36. The minimum atomic E-state index is 0. The summed E-state index contributed by atoms with van der Waals surface area (Å²) < 4.78 is 0. The second kappa shape index (κ2) is 9.29. The van der Waals surface area contributed by atoms with Crippen molar-refractivity contribution in [1.29, 1.82) is 0 Å². The first kappa shape index (κ1) is 25.2. The summed E-state index contributed by atoms with van der Waals surface area (Å²) >= 11 is 0. The number of fused-ring (bicyclic) bond motifs is 2. The SMILES string of the molecule is CC(C)=c1[c-]c2c(cc1)=c1ccccc1=C2C1=CC(C(C)(C)C)=CC1.[Cl-].[Cl-].[Zr+3]. The van der Waals surface area contributed by atoms with Crippen LogP contribution in [0.3, 0.4) is 0 Å². The summed E-state index contributed by atoms with van der Waals surface area (Å²) in [5.74, 6) is 0. The molecule has 0 bridgehead atoms. The maximum atomic E-state index is 3.71. The zero-order valence-corrected chi connectivity index (χ0v) is 21.1. The summed E-state index contributed by atoms with van der Waals surface area (Å²) in [6, 6.07) is 17.0. The number of hydrogen-bond acceptors (Lipinski definition) is 0. The molecule has 3 heteroatoms. The van der Waals surface area contributed by atoms with Gasteiger partial charge in [-0.1, -0.05) is 97.8 Å². The molecule has 0 aliphatic heterocycles. The number of hydrogen-bond donors (Lipinski definition) is 0. The quantitative estimate of drug-likeness (QED) is 0.443. The molecule has 0 unspecified atom stereocenters. The number of rotatable bonds is 1. The number of allylic oxidation sites excluding steroid dienone is 4. The Balaban J connectivity index is 0.00000131. The van der Waals surface area contributed by atoms with Crippen molar-refractivity contribution in [3.05, 3.63) is 92.2 Å². The van der Waals surface area contributed by atoms with Crippen molar-refractivity contribution in [2.75, 3.05) is 0 Å². The molecule has 2 aliphatic rings. The Morgan fingerprint density at radius 2 is 1.54 bits per heavy atom. The Kier molecular flexibility index (Phi) is 8.35. The van der Waals surface area contributed by atoms with Gasteiger partial charge in [0, 0.05) is 0 Å². The van der Waals surface area contributed by atoms with Crippen LogP contribution in [0.1, 0.15) is 46.6 Å². The van der Waals surface area contributed by atoms with E-state index in [0.29, 0.717) is 0 Å². The van der Waals surface area contributed by atoms with Crippen molar-refractivity contribution in [2.45, 2.75) is 41.0 Å². The van der Waals surface area contributed by atoms with E-state index in [2.05, 4.69) is 89.2 Å². The zero-order chi connectivity index (χ0) is 17.8. The van der Waals surface area contributed by atoms with Gasteiger partial charge in [-0.25, -0.2) is 0 Å². The van der Waals surface area contributed by atoms with Gasteiger partial charge in [0.05, 0.1) is 0 Å². The maximum absolute atomic E-state index is 3.71. The summed E-state index contributed by atoms with van der Waals surface area (Å²) in [4.78, 5) is 0. The molecule has 2 aromatic carbocycles. The van der Waals surface area contributed by atoms with Crippen LogP contribution in [0.15, 0.2) is 59.7 Å². The van der Waals surface area contributed by atoms with Gasteiger partial charge in [0.15, 0.2) is 0 Å². The minimum absolute atomic E-state index is 0. The Morgan fingerprint density at radius 1 is 0.893 bits per heavy atom. The Bertz CT molecular complexity index is 1160. The van der Waals surface area contributed by atoms with E-state index in [0.717, 1.165) is 6.42 Å². The summed E-state index contributed by atoms with van der Waals surface area (Å²) in [5.41, 5.74) is 7.03. The van der Waals surface area contributed by atoms with Crippen LogP contribution in [0.2, 0.25) is 0 Å². The molecule has 4 rings (SSSR count). The fourth-order valence-electron chi connectivity index (χ4n) is 3.83. The molecule has 0 fully saturated rings. The minimum Gasteiger partial charge on any atom is -1.00 e. The van der Waals surface area contributed by atoms with Crippen molar-refractivity contribution in [1.82, 2.24) is 0 Å². The predicted molar refractivity (Wildman–Crippen MR) is 106 cm³/mol. The largest absolute Gasteiger partial charge is 3.00 e. The molecule has 0 aromatic heterocycles. The average molecular weight is 488 g/mol. The summed E-state index contributed by atoms with van der Waals surface area (Å²) in [6.07, 6.45) is 5.82. The van der Waals surface area contributed by atoms with E-state index >= 15 is 0 Å². The zero-order valence-electron chi connectivity index (χ0n) is 17.1. The molecule has 0 N–H and O–H groups in total. The normalized spacial score (nSPS) is 14.0. The van der Waals surface area contributed by atoms with Gasteiger partial charge < -0.3 is 24.8 Å². The van der Waals surface area contributed by atoms with Crippen LogP contribution in [0.4, 0.5) is 0 Å². The fourth-order valence-corrected chi connectivity index (χ4v) is 3.83. The molecular weight excluding hydrogens is 462 g/mol. The molecular formula is C25H25Cl2Zr. The monoisotopic (exact) mass is 485 g/mol. The van der Waals surface area contributed by atoms with Crippen molar-refractivity contribution in [2.24, 2.45) is 5.41 Å². The average Bonchev–Trinajstić information content (AvgIpc) is 3.16. The van der Waals surface area contributed by atoms with E-state index in [1.54, 1.807) is 0 Å². The third kappa shape index (κ3) is 4.33. The second-order valence-corrected chi connectivity index (χ2v) is 8.36. The third-order valence-electron chi connectivity index (χ3n) is 5.28. The van der Waals surface area contributed by atoms with Gasteiger partial charge in [-0.3, -0.25) is 0 Å². The van der Waals surface area contributed by atoms with Gasteiger partial charge in [-0.05, 0) is 17.4 Å². The Morgan fingerprint density at radius 3 is 2.11 bits per heavy atom. The Hall–Kier alpha value is -0.877. The molecule has 1 radical (unpaired) electrons. The molecule has 0 saturated heterocycles. The first-order valence-electron chi connectivity index (χ1n) is 9.12. The van der Waals surface area contributed by atoms with Gasteiger partial charge in [-0.15, -0.1) is 34.6 Å². The van der Waals surface area contributed by atoms with E-state index in [-0.39, 0.29) is 56.4 Å². The van der Waals surface area contributed by atoms with Crippen molar-refractivity contribution in [3.63, 3.8) is 0 Å². The predicted octanol–water partition coefficient (Wildman–Crippen LogP) is -1.22. The van der Waals surface area contributed by atoms with E-state index in [4.69, 9.17) is 0 Å². The summed E-state index contributed by atoms with van der Waals surface area (Å²) in [5, 5.41) is 5.23. The van der Waals surface area contributed by atoms with E-state index in [1.165, 1.54) is 48.7 Å². The van der Waals surface area contributed by atoms with E-state index in [1.807, 2.05) is 0 Å². The molecule has 2 aromatic rings. The first-order valence-corrected chi connectivity index (χ1v) is 9.12. The van der Waals surface area contributed by atoms with Gasteiger partial charge >= 0.3 is 26.2 Å². The molecule has 0 heterocycles. The molecule has 0 saturated carbocycles. The van der Waals surface area contributed by atoms with Crippen LogP contribution >= 0.6 is 0 Å². The maximum Gasteiger partial charge on any atom is 3.00 e. The van der Waals surface area contributed by atoms with Crippen LogP contribution < -0.4 is 35.3 Å². The van der Waals surface area contributed by atoms with E-state index in [9.17, 15) is 0 Å². The summed E-state index contributed by atoms with van der Waals surface area (Å²) in [7, 11) is 0. The molecule has 0 spiro atoms. The van der Waals surface area contributed by atoms with E-state index < -0.39 is 0 Å². The molecule has 0 atom stereocenters. The fraction of sp³-hybridized carbons (Fsp3) is 0.280. The first-order chi connectivity index (χ1) is 11.9. The van der Waals surface area contributed by atoms with Gasteiger partial charge in [0.25, 0.3) is 0 Å². The smallest absolute Gasteiger partial charge is 1.00 e. The molecule has 0 nitrogen and oxygen atoms in total. The van der Waals surface area contributed by atoms with Crippen LogP contribution in [0.25, 0.3) is 11.1 Å². The van der Waals surface area contributed by atoms with Crippen LogP contribution in [0, 0.1) is 21.9 Å². The van der Waals surface area contributed by atoms with Crippen LogP contribution in [-0.4, -0.2) is 0 Å². The van der Waals surface area contributed by atoms with Crippen LogP contribution in [0.5, 0.6) is 0 Å². The molecule has 0 amide bonds. The number of halogens is 2. The van der Waals surface area contributed by atoms with Crippen molar-refractivity contribution in [3.8, 4) is 0 Å². The van der Waals surface area contributed by atoms with Crippen molar-refractivity contribution >= 4 is 11.1 Å². The van der Waals surface area contributed by atoms with Crippen molar-refractivity contribution < 1.29 is 51.0 Å². The number of benzene rings is 2. The van der Waals surface area contributed by atoms with Gasteiger partial charge in [0.1, 0.15) is 0 Å². The Labute approximate surface area is 199 Å². The third-order valence-corrected chi connectivity index (χ3v) is 5.28. The topological polar surface area (TPSA) is 0 Å². The molecule has 2 aliphatic carbocycles. The summed E-state index contributed by atoms with van der Waals surface area (Å²) in [6.45, 7) is 11.2. The molecule has 143 valence electrons. The standard InChI is InChI=1S/C25H25.2ClH.Zr/c1-16(2)17-11-13-21-20-8-6-7-9-22(20)24(23(21)15-17)18-10-12-19(14-18)25(3,4)5;;;/h6-9,11-14H,10H2,1-5H3;2*1H;/q-1;;;+3/p-2. The van der Waals surface area contributed by atoms with Gasteiger partial charge in [0.2, 0.25) is 0 Å². The molecule has 28 heavy (non-hydrogen) atoms. The van der Waals surface area contributed by atoms with Gasteiger partial charge in [-0.2, -0.15) is 0 Å².